The maximum Gasteiger partial charge on any atom is 0.148 e. The van der Waals surface area contributed by atoms with Crippen molar-refractivity contribution < 1.29 is 4.39 Å². The SMILES string of the molecule is Fc1ccc(-c2ccc(NC3CC3)nn2)cc1. The first-order chi connectivity index (χ1) is 8.31. The lowest BCUT2D eigenvalue weighted by Gasteiger charge is -2.03. The summed E-state index contributed by atoms with van der Waals surface area (Å²) >= 11 is 0. The Morgan fingerprint density at radius 1 is 1.00 bits per heavy atom. The third-order valence-electron chi connectivity index (χ3n) is 2.73. The molecule has 0 bridgehead atoms. The first-order valence-electron chi connectivity index (χ1n) is 5.67. The smallest absolute Gasteiger partial charge is 0.148 e. The van der Waals surface area contributed by atoms with Crippen LogP contribution in [0.15, 0.2) is 36.4 Å². The van der Waals surface area contributed by atoms with Gasteiger partial charge in [-0.2, -0.15) is 0 Å². The van der Waals surface area contributed by atoms with E-state index in [2.05, 4.69) is 15.5 Å². The first-order valence-corrected chi connectivity index (χ1v) is 5.67. The summed E-state index contributed by atoms with van der Waals surface area (Å²) in [6, 6.07) is 10.6. The van der Waals surface area contributed by atoms with Crippen molar-refractivity contribution in [2.24, 2.45) is 0 Å². The fourth-order valence-corrected chi connectivity index (χ4v) is 1.62. The minimum atomic E-state index is -0.242. The highest BCUT2D eigenvalue weighted by molar-refractivity contribution is 5.59. The van der Waals surface area contributed by atoms with Gasteiger partial charge in [0, 0.05) is 11.6 Å². The van der Waals surface area contributed by atoms with Crippen LogP contribution in [-0.2, 0) is 0 Å². The molecule has 0 radical (unpaired) electrons. The largest absolute Gasteiger partial charge is 0.366 e. The molecule has 1 aromatic heterocycles. The van der Waals surface area contributed by atoms with E-state index in [0.717, 1.165) is 17.1 Å². The molecule has 4 heteroatoms. The van der Waals surface area contributed by atoms with E-state index in [1.807, 2.05) is 12.1 Å². The van der Waals surface area contributed by atoms with E-state index in [-0.39, 0.29) is 5.82 Å². The van der Waals surface area contributed by atoms with Gasteiger partial charge in [-0.25, -0.2) is 4.39 Å². The molecule has 0 atom stereocenters. The standard InChI is InChI=1S/C13H12FN3/c14-10-3-1-9(2-4-10)12-7-8-13(17-16-12)15-11-5-6-11/h1-4,7-8,11H,5-6H2,(H,15,17). The predicted octanol–water partition coefficient (Wildman–Crippen LogP) is 2.86. The minimum Gasteiger partial charge on any atom is -0.366 e. The highest BCUT2D eigenvalue weighted by Crippen LogP contribution is 2.24. The maximum atomic E-state index is 12.8. The number of hydrogen-bond acceptors (Lipinski definition) is 3. The monoisotopic (exact) mass is 229 g/mol. The quantitative estimate of drug-likeness (QED) is 0.879. The number of benzene rings is 1. The molecule has 3 nitrogen and oxygen atoms in total. The molecule has 1 aromatic carbocycles. The first kappa shape index (κ1) is 10.2. The van der Waals surface area contributed by atoms with E-state index in [1.165, 1.54) is 25.0 Å². The molecule has 1 N–H and O–H groups in total. The van der Waals surface area contributed by atoms with Crippen molar-refractivity contribution in [1.29, 1.82) is 0 Å². The van der Waals surface area contributed by atoms with E-state index >= 15 is 0 Å². The van der Waals surface area contributed by atoms with Crippen molar-refractivity contribution in [3.8, 4) is 11.3 Å². The van der Waals surface area contributed by atoms with Crippen LogP contribution in [0.1, 0.15) is 12.8 Å². The molecule has 0 spiro atoms. The lowest BCUT2D eigenvalue weighted by Crippen LogP contribution is -2.03. The van der Waals surface area contributed by atoms with E-state index < -0.39 is 0 Å². The van der Waals surface area contributed by atoms with E-state index in [4.69, 9.17) is 0 Å². The van der Waals surface area contributed by atoms with Crippen LogP contribution in [0.4, 0.5) is 10.2 Å². The van der Waals surface area contributed by atoms with Crippen LogP contribution in [0.5, 0.6) is 0 Å². The van der Waals surface area contributed by atoms with Crippen LogP contribution in [0, 0.1) is 5.82 Å². The van der Waals surface area contributed by atoms with Crippen molar-refractivity contribution in [2.45, 2.75) is 18.9 Å². The highest BCUT2D eigenvalue weighted by atomic mass is 19.1. The second-order valence-corrected chi connectivity index (χ2v) is 4.23. The average molecular weight is 229 g/mol. The number of rotatable bonds is 3. The summed E-state index contributed by atoms with van der Waals surface area (Å²) < 4.78 is 12.8. The lowest BCUT2D eigenvalue weighted by atomic mass is 10.1. The van der Waals surface area contributed by atoms with Gasteiger partial charge in [-0.05, 0) is 49.2 Å². The van der Waals surface area contributed by atoms with Crippen LogP contribution in [0.3, 0.4) is 0 Å². The normalized spacial score (nSPS) is 14.6. The highest BCUT2D eigenvalue weighted by Gasteiger charge is 2.21. The van der Waals surface area contributed by atoms with E-state index in [0.29, 0.717) is 6.04 Å². The summed E-state index contributed by atoms with van der Waals surface area (Å²) in [4.78, 5) is 0. The molecule has 1 saturated carbocycles. The van der Waals surface area contributed by atoms with Crippen molar-refractivity contribution in [3.63, 3.8) is 0 Å². The molecule has 0 aliphatic heterocycles. The van der Waals surface area contributed by atoms with Gasteiger partial charge >= 0.3 is 0 Å². The number of aromatic nitrogens is 2. The lowest BCUT2D eigenvalue weighted by molar-refractivity contribution is 0.628. The van der Waals surface area contributed by atoms with Crippen molar-refractivity contribution in [1.82, 2.24) is 10.2 Å². The second-order valence-electron chi connectivity index (χ2n) is 4.23. The summed E-state index contributed by atoms with van der Waals surface area (Å²) in [5.41, 5.74) is 1.63. The van der Waals surface area contributed by atoms with Gasteiger partial charge in [0.05, 0.1) is 5.69 Å². The molecule has 3 rings (SSSR count). The van der Waals surface area contributed by atoms with Gasteiger partial charge in [0.2, 0.25) is 0 Å². The Labute approximate surface area is 98.7 Å². The average Bonchev–Trinajstić information content (AvgIpc) is 3.15. The third-order valence-corrected chi connectivity index (χ3v) is 2.73. The molecular weight excluding hydrogens is 217 g/mol. The molecule has 17 heavy (non-hydrogen) atoms. The van der Waals surface area contributed by atoms with Crippen molar-refractivity contribution in [3.05, 3.63) is 42.2 Å². The van der Waals surface area contributed by atoms with Gasteiger partial charge in [-0.3, -0.25) is 0 Å². The minimum absolute atomic E-state index is 0.242. The van der Waals surface area contributed by atoms with Crippen molar-refractivity contribution in [2.75, 3.05) is 5.32 Å². The second kappa shape index (κ2) is 4.13. The molecule has 0 saturated heterocycles. The predicted molar refractivity (Wildman–Crippen MR) is 64.1 cm³/mol. The summed E-state index contributed by atoms with van der Waals surface area (Å²) in [6.07, 6.45) is 2.42. The Bertz CT molecular complexity index is 503. The molecule has 1 fully saturated rings. The number of nitrogens with zero attached hydrogens (tertiary/aromatic N) is 2. The van der Waals surface area contributed by atoms with E-state index in [1.54, 1.807) is 12.1 Å². The van der Waals surface area contributed by atoms with Gasteiger partial charge in [-0.15, -0.1) is 10.2 Å². The Morgan fingerprint density at radius 3 is 2.35 bits per heavy atom. The van der Waals surface area contributed by atoms with Gasteiger partial charge in [-0.1, -0.05) is 0 Å². The van der Waals surface area contributed by atoms with Crippen molar-refractivity contribution >= 4 is 5.82 Å². The molecule has 0 amide bonds. The van der Waals surface area contributed by atoms with Crippen LogP contribution >= 0.6 is 0 Å². The van der Waals surface area contributed by atoms with Gasteiger partial charge in [0.1, 0.15) is 11.6 Å². The Morgan fingerprint density at radius 2 is 1.76 bits per heavy atom. The van der Waals surface area contributed by atoms with Gasteiger partial charge < -0.3 is 5.32 Å². The number of hydrogen-bond donors (Lipinski definition) is 1. The zero-order valence-corrected chi connectivity index (χ0v) is 9.23. The van der Waals surface area contributed by atoms with Crippen LogP contribution < -0.4 is 5.32 Å². The Kier molecular flexibility index (Phi) is 2.48. The molecule has 2 aromatic rings. The number of nitrogens with one attached hydrogen (secondary N) is 1. The molecule has 86 valence electrons. The Balaban J connectivity index is 1.80. The third kappa shape index (κ3) is 2.41. The molecule has 1 aliphatic rings. The molecule has 1 heterocycles. The summed E-state index contributed by atoms with van der Waals surface area (Å²) in [5, 5.41) is 11.5. The number of anilines is 1. The van der Waals surface area contributed by atoms with Gasteiger partial charge in [0.15, 0.2) is 0 Å². The summed E-state index contributed by atoms with van der Waals surface area (Å²) in [5.74, 6) is 0.562. The number of halogens is 1. The van der Waals surface area contributed by atoms with Crippen LogP contribution in [0.25, 0.3) is 11.3 Å². The zero-order chi connectivity index (χ0) is 11.7. The fraction of sp³-hybridized carbons (Fsp3) is 0.231. The maximum absolute atomic E-state index is 12.8. The zero-order valence-electron chi connectivity index (χ0n) is 9.23. The van der Waals surface area contributed by atoms with E-state index in [9.17, 15) is 4.39 Å². The fourth-order valence-electron chi connectivity index (χ4n) is 1.62. The van der Waals surface area contributed by atoms with Crippen LogP contribution in [0.2, 0.25) is 0 Å². The van der Waals surface area contributed by atoms with Crippen LogP contribution in [-0.4, -0.2) is 16.2 Å². The molecule has 0 unspecified atom stereocenters. The summed E-state index contributed by atoms with van der Waals surface area (Å²) in [6.45, 7) is 0. The molecular formula is C13H12FN3. The topological polar surface area (TPSA) is 37.8 Å². The summed E-state index contributed by atoms with van der Waals surface area (Å²) in [7, 11) is 0. The Hall–Kier alpha value is -1.97. The molecule has 1 aliphatic carbocycles. The van der Waals surface area contributed by atoms with Gasteiger partial charge in [0.25, 0.3) is 0 Å².